The molecule has 0 amide bonds. The highest BCUT2D eigenvalue weighted by Gasteiger charge is 2.29. The first-order valence-electron chi connectivity index (χ1n) is 7.19. The molecule has 0 radical (unpaired) electrons. The summed E-state index contributed by atoms with van der Waals surface area (Å²) in [6.07, 6.45) is 6.71. The second-order valence-electron chi connectivity index (χ2n) is 5.25. The fraction of sp³-hybridized carbons (Fsp3) is 0.500. The van der Waals surface area contributed by atoms with Gasteiger partial charge in [0.25, 0.3) is 0 Å². The number of piperazine rings is 1. The Morgan fingerprint density at radius 1 is 1.09 bits per heavy atom. The molecule has 3 rings (SSSR count). The summed E-state index contributed by atoms with van der Waals surface area (Å²) in [5.41, 5.74) is 1.06. The zero-order valence-electron chi connectivity index (χ0n) is 12.8. The summed E-state index contributed by atoms with van der Waals surface area (Å²) in [6.45, 7) is 4.94. The highest BCUT2D eigenvalue weighted by molar-refractivity contribution is 5.39. The molecule has 1 unspecified atom stereocenters. The topological polar surface area (TPSA) is 80.2 Å². The molecule has 1 atom stereocenters. The predicted octanol–water partition coefficient (Wildman–Crippen LogP) is 0.312. The van der Waals surface area contributed by atoms with E-state index in [9.17, 15) is 0 Å². The van der Waals surface area contributed by atoms with E-state index in [1.807, 2.05) is 19.3 Å². The Bertz CT molecular complexity index is 592. The van der Waals surface area contributed by atoms with Gasteiger partial charge < -0.3 is 14.5 Å². The smallest absolute Gasteiger partial charge is 0.228 e. The lowest BCUT2D eigenvalue weighted by Crippen LogP contribution is -2.56. The van der Waals surface area contributed by atoms with Gasteiger partial charge in [0.2, 0.25) is 11.9 Å². The second-order valence-corrected chi connectivity index (χ2v) is 5.25. The van der Waals surface area contributed by atoms with Crippen molar-refractivity contribution in [2.45, 2.75) is 13.0 Å². The third-order valence-electron chi connectivity index (χ3n) is 3.63. The summed E-state index contributed by atoms with van der Waals surface area (Å²) in [7, 11) is 1.70. The molecule has 116 valence electrons. The molecule has 22 heavy (non-hydrogen) atoms. The van der Waals surface area contributed by atoms with E-state index in [4.69, 9.17) is 4.74 Å². The number of aryl methyl sites for hydroxylation is 1. The van der Waals surface area contributed by atoms with E-state index < -0.39 is 0 Å². The molecule has 2 aromatic rings. The monoisotopic (exact) mass is 301 g/mol. The van der Waals surface area contributed by atoms with Crippen LogP contribution in [0.15, 0.2) is 25.0 Å². The number of ether oxygens (including phenoxy) is 1. The molecular weight excluding hydrogens is 282 g/mol. The van der Waals surface area contributed by atoms with Crippen LogP contribution in [0.5, 0.6) is 0 Å². The van der Waals surface area contributed by atoms with Crippen molar-refractivity contribution in [1.82, 2.24) is 24.9 Å². The molecule has 0 bridgehead atoms. The number of rotatable bonds is 4. The fourth-order valence-electron chi connectivity index (χ4n) is 2.57. The SMILES string of the molecule is COCC1CN(c2ncc(C)cn2)CCN1c1ncncn1. The van der Waals surface area contributed by atoms with E-state index in [1.165, 1.54) is 12.7 Å². The summed E-state index contributed by atoms with van der Waals surface area (Å²) < 4.78 is 5.36. The normalized spacial score (nSPS) is 18.5. The van der Waals surface area contributed by atoms with Crippen molar-refractivity contribution in [2.24, 2.45) is 0 Å². The predicted molar refractivity (Wildman–Crippen MR) is 81.8 cm³/mol. The van der Waals surface area contributed by atoms with Crippen LogP contribution >= 0.6 is 0 Å². The van der Waals surface area contributed by atoms with Crippen molar-refractivity contribution in [3.8, 4) is 0 Å². The van der Waals surface area contributed by atoms with Crippen molar-refractivity contribution in [2.75, 3.05) is 43.2 Å². The van der Waals surface area contributed by atoms with Gasteiger partial charge in [-0.15, -0.1) is 0 Å². The van der Waals surface area contributed by atoms with Crippen LogP contribution in [0.4, 0.5) is 11.9 Å². The average molecular weight is 301 g/mol. The van der Waals surface area contributed by atoms with E-state index in [0.717, 1.165) is 31.1 Å². The van der Waals surface area contributed by atoms with Crippen LogP contribution in [0.25, 0.3) is 0 Å². The van der Waals surface area contributed by atoms with E-state index in [2.05, 4.69) is 34.7 Å². The van der Waals surface area contributed by atoms with Gasteiger partial charge in [0.05, 0.1) is 12.6 Å². The molecule has 0 aromatic carbocycles. The quantitative estimate of drug-likeness (QED) is 0.798. The third kappa shape index (κ3) is 3.11. The molecule has 1 aliphatic heterocycles. The van der Waals surface area contributed by atoms with Crippen LogP contribution in [0.3, 0.4) is 0 Å². The first-order chi connectivity index (χ1) is 10.8. The minimum Gasteiger partial charge on any atom is -0.382 e. The van der Waals surface area contributed by atoms with Crippen LogP contribution in [0.1, 0.15) is 5.56 Å². The first-order valence-corrected chi connectivity index (χ1v) is 7.19. The van der Waals surface area contributed by atoms with Crippen LogP contribution in [0.2, 0.25) is 0 Å². The molecule has 0 aliphatic carbocycles. The molecule has 3 heterocycles. The van der Waals surface area contributed by atoms with Gasteiger partial charge in [-0.3, -0.25) is 0 Å². The van der Waals surface area contributed by atoms with Gasteiger partial charge in [-0.1, -0.05) is 0 Å². The van der Waals surface area contributed by atoms with Crippen molar-refractivity contribution in [1.29, 1.82) is 0 Å². The van der Waals surface area contributed by atoms with Crippen LogP contribution < -0.4 is 9.80 Å². The van der Waals surface area contributed by atoms with Crippen molar-refractivity contribution in [3.63, 3.8) is 0 Å². The maximum Gasteiger partial charge on any atom is 0.228 e. The number of aromatic nitrogens is 5. The lowest BCUT2D eigenvalue weighted by molar-refractivity contribution is 0.173. The summed E-state index contributed by atoms with van der Waals surface area (Å²) >= 11 is 0. The third-order valence-corrected chi connectivity index (χ3v) is 3.63. The first kappa shape index (κ1) is 14.6. The number of hydrogen-bond donors (Lipinski definition) is 0. The van der Waals surface area contributed by atoms with Crippen LogP contribution in [-0.2, 0) is 4.74 Å². The Hall–Kier alpha value is -2.35. The highest BCUT2D eigenvalue weighted by atomic mass is 16.5. The van der Waals surface area contributed by atoms with Crippen molar-refractivity contribution < 1.29 is 4.74 Å². The van der Waals surface area contributed by atoms with Gasteiger partial charge in [0.1, 0.15) is 12.7 Å². The van der Waals surface area contributed by atoms with E-state index >= 15 is 0 Å². The minimum atomic E-state index is 0.144. The summed E-state index contributed by atoms with van der Waals surface area (Å²) in [5.74, 6) is 1.43. The summed E-state index contributed by atoms with van der Waals surface area (Å²) in [4.78, 5) is 25.5. The molecular formula is C14H19N7O. The number of methoxy groups -OCH3 is 1. The highest BCUT2D eigenvalue weighted by Crippen LogP contribution is 2.19. The molecule has 0 saturated carbocycles. The van der Waals surface area contributed by atoms with Gasteiger partial charge in [0.15, 0.2) is 0 Å². The molecule has 0 spiro atoms. The fourth-order valence-corrected chi connectivity index (χ4v) is 2.57. The van der Waals surface area contributed by atoms with Crippen LogP contribution in [-0.4, -0.2) is 64.3 Å². The average Bonchev–Trinajstić information content (AvgIpc) is 2.57. The molecule has 1 aliphatic rings. The number of nitrogens with zero attached hydrogens (tertiary/aromatic N) is 7. The molecule has 1 fully saturated rings. The van der Waals surface area contributed by atoms with Gasteiger partial charge in [0, 0.05) is 39.1 Å². The lowest BCUT2D eigenvalue weighted by Gasteiger charge is -2.41. The standard InChI is InChI=1S/C14H19N7O/c1-11-5-16-13(17-6-11)20-3-4-21(12(7-20)8-22-2)14-18-9-15-10-19-14/h5-6,9-10,12H,3-4,7-8H2,1-2H3. The van der Waals surface area contributed by atoms with Crippen LogP contribution in [0, 0.1) is 6.92 Å². The van der Waals surface area contributed by atoms with Gasteiger partial charge in [-0.2, -0.15) is 0 Å². The maximum atomic E-state index is 5.36. The van der Waals surface area contributed by atoms with Gasteiger partial charge >= 0.3 is 0 Å². The zero-order chi connectivity index (χ0) is 15.4. The number of anilines is 2. The Labute approximate surface area is 129 Å². The molecule has 0 N–H and O–H groups in total. The lowest BCUT2D eigenvalue weighted by atomic mass is 10.2. The van der Waals surface area contributed by atoms with E-state index in [1.54, 1.807) is 7.11 Å². The minimum absolute atomic E-state index is 0.144. The molecule has 8 heteroatoms. The van der Waals surface area contributed by atoms with E-state index in [-0.39, 0.29) is 6.04 Å². The Morgan fingerprint density at radius 3 is 2.50 bits per heavy atom. The van der Waals surface area contributed by atoms with Crippen molar-refractivity contribution >= 4 is 11.9 Å². The number of hydrogen-bond acceptors (Lipinski definition) is 8. The van der Waals surface area contributed by atoms with Gasteiger partial charge in [-0.05, 0) is 12.5 Å². The molecule has 1 saturated heterocycles. The largest absolute Gasteiger partial charge is 0.382 e. The van der Waals surface area contributed by atoms with E-state index in [0.29, 0.717) is 12.6 Å². The maximum absolute atomic E-state index is 5.36. The Kier molecular flexibility index (Phi) is 4.38. The Balaban J connectivity index is 1.77. The summed E-state index contributed by atoms with van der Waals surface area (Å²) in [5, 5.41) is 0. The Morgan fingerprint density at radius 2 is 1.82 bits per heavy atom. The zero-order valence-corrected chi connectivity index (χ0v) is 12.8. The molecule has 8 nitrogen and oxygen atoms in total. The second kappa shape index (κ2) is 6.61. The summed E-state index contributed by atoms with van der Waals surface area (Å²) in [6, 6.07) is 0.144. The molecule has 2 aromatic heterocycles. The van der Waals surface area contributed by atoms with Crippen molar-refractivity contribution in [3.05, 3.63) is 30.6 Å². The van der Waals surface area contributed by atoms with Gasteiger partial charge in [-0.25, -0.2) is 24.9 Å².